The van der Waals surface area contributed by atoms with Gasteiger partial charge in [-0.3, -0.25) is 0 Å². The molecule has 1 N–H and O–H groups in total. The van der Waals surface area contributed by atoms with E-state index >= 15 is 0 Å². The van der Waals surface area contributed by atoms with Crippen molar-refractivity contribution in [2.45, 2.75) is 22.8 Å². The van der Waals surface area contributed by atoms with Crippen molar-refractivity contribution in [2.24, 2.45) is 5.92 Å². The maximum Gasteiger partial charge on any atom is 0.132 e. The lowest BCUT2D eigenvalue weighted by Crippen LogP contribution is -2.39. The molecule has 0 amide bonds. The molecule has 25 heavy (non-hydrogen) atoms. The van der Waals surface area contributed by atoms with E-state index in [1.54, 1.807) is 7.11 Å². The first-order valence-electron chi connectivity index (χ1n) is 8.60. The Hall–Kier alpha value is -1.30. The van der Waals surface area contributed by atoms with Crippen LogP contribution < -0.4 is 14.8 Å². The zero-order valence-electron chi connectivity index (χ0n) is 14.7. The molecule has 0 saturated carbocycles. The molecule has 1 aliphatic rings. The monoisotopic (exact) mass is 375 g/mol. The zero-order chi connectivity index (χ0) is 17.5. The number of thioether (sulfide) groups is 2. The maximum absolute atomic E-state index is 5.95. The van der Waals surface area contributed by atoms with Gasteiger partial charge in [-0.25, -0.2) is 0 Å². The quantitative estimate of drug-likeness (QED) is 0.717. The fourth-order valence-electron chi connectivity index (χ4n) is 2.63. The highest BCUT2D eigenvalue weighted by Gasteiger charge is 2.17. The highest BCUT2D eigenvalue weighted by Crippen LogP contribution is 2.32. The van der Waals surface area contributed by atoms with Gasteiger partial charge in [-0.05, 0) is 36.7 Å². The summed E-state index contributed by atoms with van der Waals surface area (Å²) in [4.78, 5) is 2.45. The minimum atomic E-state index is 0.385. The Morgan fingerprint density at radius 3 is 2.92 bits per heavy atom. The van der Waals surface area contributed by atoms with Crippen LogP contribution in [0.15, 0.2) is 58.3 Å². The number of rotatable bonds is 7. The van der Waals surface area contributed by atoms with E-state index in [1.807, 2.05) is 41.7 Å². The molecule has 0 saturated heterocycles. The highest BCUT2D eigenvalue weighted by atomic mass is 32.2. The second-order valence-corrected chi connectivity index (χ2v) is 8.36. The molecule has 1 aliphatic heterocycles. The molecule has 0 radical (unpaired) electrons. The van der Waals surface area contributed by atoms with Crippen LogP contribution in [0.5, 0.6) is 11.5 Å². The van der Waals surface area contributed by atoms with Crippen molar-refractivity contribution < 1.29 is 9.47 Å². The summed E-state index contributed by atoms with van der Waals surface area (Å²) in [7, 11) is 1.73. The molecular weight excluding hydrogens is 350 g/mol. The number of fused-ring (bicyclic) bond motifs is 1. The van der Waals surface area contributed by atoms with Crippen molar-refractivity contribution in [1.29, 1.82) is 0 Å². The highest BCUT2D eigenvalue weighted by molar-refractivity contribution is 7.99. The van der Waals surface area contributed by atoms with Crippen LogP contribution in [0.25, 0.3) is 0 Å². The molecule has 0 fully saturated rings. The first kappa shape index (κ1) is 18.5. The van der Waals surface area contributed by atoms with Gasteiger partial charge in [0, 0.05) is 21.3 Å². The molecule has 2 aromatic rings. The largest absolute Gasteiger partial charge is 0.496 e. The molecule has 0 aliphatic carbocycles. The van der Waals surface area contributed by atoms with Crippen molar-refractivity contribution in [3.8, 4) is 11.5 Å². The second-order valence-electron chi connectivity index (χ2n) is 6.24. The van der Waals surface area contributed by atoms with Crippen LogP contribution in [-0.2, 0) is 0 Å². The van der Waals surface area contributed by atoms with E-state index in [9.17, 15) is 0 Å². The van der Waals surface area contributed by atoms with E-state index in [0.29, 0.717) is 12.0 Å². The molecule has 0 spiro atoms. The van der Waals surface area contributed by atoms with Gasteiger partial charge in [0.25, 0.3) is 0 Å². The number of methoxy groups -OCH3 is 1. The van der Waals surface area contributed by atoms with Gasteiger partial charge < -0.3 is 14.8 Å². The number of ether oxygens (including phenoxy) is 2. The summed E-state index contributed by atoms with van der Waals surface area (Å²) in [6.45, 7) is 4.01. The molecule has 134 valence electrons. The Kier molecular flexibility index (Phi) is 6.96. The summed E-state index contributed by atoms with van der Waals surface area (Å²) in [5.74, 6) is 4.65. The standard InChI is InChI=1S/C20H25NO2S2/c1-15(13-24-19-9-5-3-7-17(19)22-2)11-21-16-12-23-18-8-4-6-10-20(18)25-14-16/h3-10,15-16,21H,11-14H2,1-2H3/t15-,16+/m0/s1. The summed E-state index contributed by atoms with van der Waals surface area (Å²) in [6.07, 6.45) is 0. The topological polar surface area (TPSA) is 30.5 Å². The lowest BCUT2D eigenvalue weighted by molar-refractivity contribution is 0.270. The van der Waals surface area contributed by atoms with Crippen molar-refractivity contribution in [1.82, 2.24) is 5.32 Å². The Labute approximate surface area is 158 Å². The average molecular weight is 376 g/mol. The number of nitrogens with one attached hydrogen (secondary N) is 1. The van der Waals surface area contributed by atoms with Gasteiger partial charge in [-0.2, -0.15) is 0 Å². The van der Waals surface area contributed by atoms with Crippen LogP contribution in [0.4, 0.5) is 0 Å². The third kappa shape index (κ3) is 5.33. The van der Waals surface area contributed by atoms with Gasteiger partial charge in [0.2, 0.25) is 0 Å². The first-order valence-corrected chi connectivity index (χ1v) is 10.6. The van der Waals surface area contributed by atoms with E-state index in [0.717, 1.165) is 36.2 Å². The molecule has 2 aromatic carbocycles. The van der Waals surface area contributed by atoms with Crippen LogP contribution in [0, 0.1) is 5.92 Å². The number of hydrogen-bond donors (Lipinski definition) is 1. The number of benzene rings is 2. The summed E-state index contributed by atoms with van der Waals surface area (Å²) in [6, 6.07) is 16.9. The summed E-state index contributed by atoms with van der Waals surface area (Å²) < 4.78 is 11.4. The van der Waals surface area contributed by atoms with Crippen molar-refractivity contribution in [3.63, 3.8) is 0 Å². The first-order chi connectivity index (χ1) is 12.3. The van der Waals surface area contributed by atoms with Crippen LogP contribution >= 0.6 is 23.5 Å². The molecule has 0 unspecified atom stereocenters. The SMILES string of the molecule is COc1ccccc1SC[C@@H](C)CN[C@@H]1COc2ccccc2SC1. The van der Waals surface area contributed by atoms with Crippen LogP contribution in [0.2, 0.25) is 0 Å². The van der Waals surface area contributed by atoms with E-state index in [2.05, 4.69) is 42.6 Å². The Morgan fingerprint density at radius 2 is 2.04 bits per heavy atom. The molecule has 3 rings (SSSR count). The Morgan fingerprint density at radius 1 is 1.24 bits per heavy atom. The summed E-state index contributed by atoms with van der Waals surface area (Å²) in [5.41, 5.74) is 0. The van der Waals surface area contributed by atoms with Gasteiger partial charge >= 0.3 is 0 Å². The van der Waals surface area contributed by atoms with Crippen LogP contribution in [-0.4, -0.2) is 37.8 Å². The number of para-hydroxylation sites is 2. The minimum absolute atomic E-state index is 0.385. The molecule has 3 nitrogen and oxygen atoms in total. The van der Waals surface area contributed by atoms with Crippen molar-refractivity contribution >= 4 is 23.5 Å². The normalized spacial score (nSPS) is 17.9. The van der Waals surface area contributed by atoms with E-state index in [1.165, 1.54) is 9.79 Å². The van der Waals surface area contributed by atoms with Crippen LogP contribution in [0.1, 0.15) is 6.92 Å². The van der Waals surface area contributed by atoms with Gasteiger partial charge in [0.05, 0.1) is 13.2 Å². The third-order valence-electron chi connectivity index (χ3n) is 4.08. The lowest BCUT2D eigenvalue weighted by atomic mass is 10.2. The van der Waals surface area contributed by atoms with Gasteiger partial charge in [-0.15, -0.1) is 23.5 Å². The van der Waals surface area contributed by atoms with E-state index < -0.39 is 0 Å². The zero-order valence-corrected chi connectivity index (χ0v) is 16.4. The van der Waals surface area contributed by atoms with E-state index in [-0.39, 0.29) is 0 Å². The van der Waals surface area contributed by atoms with Crippen LogP contribution in [0.3, 0.4) is 0 Å². The van der Waals surface area contributed by atoms with Crippen molar-refractivity contribution in [3.05, 3.63) is 48.5 Å². The fraction of sp³-hybridized carbons (Fsp3) is 0.400. The molecule has 5 heteroatoms. The van der Waals surface area contributed by atoms with Gasteiger partial charge in [0.1, 0.15) is 18.1 Å². The predicted molar refractivity (Wildman–Crippen MR) is 107 cm³/mol. The lowest BCUT2D eigenvalue weighted by Gasteiger charge is -2.19. The predicted octanol–water partition coefficient (Wildman–Crippen LogP) is 4.57. The fourth-order valence-corrected chi connectivity index (χ4v) is 4.72. The Bertz CT molecular complexity index is 653. The average Bonchev–Trinajstić information content (AvgIpc) is 2.87. The molecule has 2 atom stereocenters. The summed E-state index contributed by atoms with van der Waals surface area (Å²) >= 11 is 3.73. The number of hydrogen-bond acceptors (Lipinski definition) is 5. The molecule has 1 heterocycles. The minimum Gasteiger partial charge on any atom is -0.496 e. The maximum atomic E-state index is 5.95. The Balaban J connectivity index is 1.43. The third-order valence-corrected chi connectivity index (χ3v) is 6.68. The summed E-state index contributed by atoms with van der Waals surface area (Å²) in [5, 5.41) is 3.67. The molecule has 0 aromatic heterocycles. The molecule has 0 bridgehead atoms. The van der Waals surface area contributed by atoms with E-state index in [4.69, 9.17) is 9.47 Å². The van der Waals surface area contributed by atoms with Gasteiger partial charge in [-0.1, -0.05) is 31.2 Å². The van der Waals surface area contributed by atoms with Gasteiger partial charge in [0.15, 0.2) is 0 Å². The van der Waals surface area contributed by atoms with Crippen molar-refractivity contribution in [2.75, 3.05) is 31.8 Å². The molecular formula is C20H25NO2S2. The second kappa shape index (κ2) is 9.41. The smallest absolute Gasteiger partial charge is 0.132 e.